The molecule has 0 aliphatic rings. The van der Waals surface area contributed by atoms with Crippen molar-refractivity contribution in [1.82, 2.24) is 10.6 Å². The van der Waals surface area contributed by atoms with E-state index in [1.165, 1.54) is 12.1 Å². The first-order valence-electron chi connectivity index (χ1n) is 10.4. The highest BCUT2D eigenvalue weighted by molar-refractivity contribution is 14.0. The summed E-state index contributed by atoms with van der Waals surface area (Å²) < 4.78 is 34.5. The van der Waals surface area contributed by atoms with Crippen LogP contribution in [0.1, 0.15) is 43.1 Å². The summed E-state index contributed by atoms with van der Waals surface area (Å²) in [7, 11) is 0. The van der Waals surface area contributed by atoms with E-state index in [9.17, 15) is 13.9 Å². The van der Waals surface area contributed by atoms with Gasteiger partial charge < -0.3 is 25.2 Å². The van der Waals surface area contributed by atoms with Crippen LogP contribution in [0.15, 0.2) is 53.5 Å². The molecule has 32 heavy (non-hydrogen) atoms. The molecule has 0 fully saturated rings. The van der Waals surface area contributed by atoms with Gasteiger partial charge in [0.05, 0.1) is 19.3 Å². The van der Waals surface area contributed by atoms with Gasteiger partial charge in [0.15, 0.2) is 5.96 Å². The maximum Gasteiger partial charge on any atom is 0.387 e. The molecule has 0 amide bonds. The van der Waals surface area contributed by atoms with Crippen LogP contribution < -0.4 is 15.4 Å². The van der Waals surface area contributed by atoms with E-state index in [-0.39, 0.29) is 36.3 Å². The van der Waals surface area contributed by atoms with Gasteiger partial charge in [-0.05, 0) is 42.2 Å². The number of hydrogen-bond donors (Lipinski definition) is 3. The fourth-order valence-electron chi connectivity index (χ4n) is 2.87. The SMILES string of the molecule is CCCOCc1ccccc1CN=C(NCC)NCC(O)c1ccc(OC(F)F)cc1.I. The molecule has 0 bridgehead atoms. The molecule has 2 rings (SSSR count). The largest absolute Gasteiger partial charge is 0.435 e. The summed E-state index contributed by atoms with van der Waals surface area (Å²) in [6.07, 6.45) is 0.137. The second-order valence-electron chi connectivity index (χ2n) is 6.86. The second-order valence-corrected chi connectivity index (χ2v) is 6.86. The Morgan fingerprint density at radius 2 is 1.72 bits per heavy atom. The van der Waals surface area contributed by atoms with Gasteiger partial charge in [-0.2, -0.15) is 8.78 Å². The molecule has 0 aliphatic heterocycles. The van der Waals surface area contributed by atoms with Gasteiger partial charge in [-0.15, -0.1) is 24.0 Å². The Morgan fingerprint density at radius 1 is 1.03 bits per heavy atom. The Bertz CT molecular complexity index is 807. The van der Waals surface area contributed by atoms with E-state index in [1.807, 2.05) is 31.2 Å². The van der Waals surface area contributed by atoms with Gasteiger partial charge in [-0.25, -0.2) is 4.99 Å². The van der Waals surface area contributed by atoms with Gasteiger partial charge in [-0.1, -0.05) is 43.3 Å². The maximum absolute atomic E-state index is 12.3. The highest BCUT2D eigenvalue weighted by atomic mass is 127. The summed E-state index contributed by atoms with van der Waals surface area (Å²) in [4.78, 5) is 4.61. The van der Waals surface area contributed by atoms with Crippen molar-refractivity contribution in [2.45, 2.75) is 46.1 Å². The standard InChI is InChI=1S/C23H31F2N3O3.HI/c1-3-13-30-16-19-8-6-5-7-18(19)14-27-23(26-4-2)28-15-21(29)17-9-11-20(12-10-17)31-22(24)25;/h5-12,21-22,29H,3-4,13-16H2,1-2H3,(H2,26,27,28);1H. The predicted molar refractivity (Wildman–Crippen MR) is 133 cm³/mol. The van der Waals surface area contributed by atoms with Crippen molar-refractivity contribution in [1.29, 1.82) is 0 Å². The van der Waals surface area contributed by atoms with Crippen LogP contribution in [-0.4, -0.2) is 37.4 Å². The third-order valence-corrected chi connectivity index (χ3v) is 4.43. The first-order chi connectivity index (χ1) is 15.0. The Labute approximate surface area is 205 Å². The van der Waals surface area contributed by atoms with E-state index >= 15 is 0 Å². The van der Waals surface area contributed by atoms with E-state index < -0.39 is 12.7 Å². The zero-order valence-corrected chi connectivity index (χ0v) is 20.7. The van der Waals surface area contributed by atoms with Gasteiger partial charge >= 0.3 is 6.61 Å². The van der Waals surface area contributed by atoms with E-state index in [1.54, 1.807) is 12.1 Å². The van der Waals surface area contributed by atoms with Crippen molar-refractivity contribution in [2.75, 3.05) is 19.7 Å². The van der Waals surface area contributed by atoms with Gasteiger partial charge in [0.25, 0.3) is 0 Å². The third-order valence-electron chi connectivity index (χ3n) is 4.43. The summed E-state index contributed by atoms with van der Waals surface area (Å²) in [6.45, 7) is 3.77. The molecule has 0 radical (unpaired) electrons. The minimum Gasteiger partial charge on any atom is -0.435 e. The summed E-state index contributed by atoms with van der Waals surface area (Å²) in [5.74, 6) is 0.624. The maximum atomic E-state index is 12.3. The number of benzene rings is 2. The predicted octanol–water partition coefficient (Wildman–Crippen LogP) is 4.62. The normalized spacial score (nSPS) is 12.2. The lowest BCUT2D eigenvalue weighted by Crippen LogP contribution is -2.39. The van der Waals surface area contributed by atoms with E-state index in [0.29, 0.717) is 31.2 Å². The summed E-state index contributed by atoms with van der Waals surface area (Å²) >= 11 is 0. The fraction of sp³-hybridized carbons (Fsp3) is 0.435. The molecule has 0 aromatic heterocycles. The Hall–Kier alpha value is -1.98. The molecule has 6 nitrogen and oxygen atoms in total. The van der Waals surface area contributed by atoms with Crippen LogP contribution in [0.5, 0.6) is 5.75 Å². The lowest BCUT2D eigenvalue weighted by Gasteiger charge is -2.16. The minimum atomic E-state index is -2.88. The third kappa shape index (κ3) is 10.1. The van der Waals surface area contributed by atoms with Gasteiger partial charge in [-0.3, -0.25) is 0 Å². The number of aliphatic hydroxyl groups excluding tert-OH is 1. The molecule has 178 valence electrons. The smallest absolute Gasteiger partial charge is 0.387 e. The van der Waals surface area contributed by atoms with Crippen molar-refractivity contribution in [3.63, 3.8) is 0 Å². The average Bonchev–Trinajstić information content (AvgIpc) is 2.76. The van der Waals surface area contributed by atoms with Crippen LogP contribution in [0.25, 0.3) is 0 Å². The number of ether oxygens (including phenoxy) is 2. The highest BCUT2D eigenvalue weighted by Gasteiger charge is 2.10. The van der Waals surface area contributed by atoms with Crippen molar-refractivity contribution in [3.8, 4) is 5.75 Å². The molecule has 2 aromatic carbocycles. The quantitative estimate of drug-likeness (QED) is 0.152. The molecule has 0 heterocycles. The molecule has 0 saturated carbocycles. The number of alkyl halides is 2. The van der Waals surface area contributed by atoms with Crippen LogP contribution >= 0.6 is 24.0 Å². The number of aliphatic hydroxyl groups is 1. The van der Waals surface area contributed by atoms with Crippen molar-refractivity contribution >= 4 is 29.9 Å². The van der Waals surface area contributed by atoms with Gasteiger partial charge in [0, 0.05) is 19.7 Å². The average molecular weight is 563 g/mol. The molecule has 0 aliphatic carbocycles. The van der Waals surface area contributed by atoms with Crippen LogP contribution in [0.4, 0.5) is 8.78 Å². The van der Waals surface area contributed by atoms with Crippen molar-refractivity contribution < 1.29 is 23.4 Å². The molecule has 1 unspecified atom stereocenters. The second kappa shape index (κ2) is 15.8. The number of nitrogens with one attached hydrogen (secondary N) is 2. The Kier molecular flexibility index (Phi) is 13.8. The number of rotatable bonds is 12. The number of nitrogens with zero attached hydrogens (tertiary/aromatic N) is 1. The summed E-state index contributed by atoms with van der Waals surface area (Å²) in [6, 6.07) is 13.9. The molecular weight excluding hydrogens is 531 g/mol. The molecular formula is C23H32F2IN3O3. The van der Waals surface area contributed by atoms with Crippen LogP contribution in [-0.2, 0) is 17.9 Å². The van der Waals surface area contributed by atoms with Gasteiger partial charge in [0.2, 0.25) is 0 Å². The van der Waals surface area contributed by atoms with Crippen molar-refractivity contribution in [3.05, 3.63) is 65.2 Å². The Morgan fingerprint density at radius 3 is 2.34 bits per heavy atom. The molecule has 2 aromatic rings. The number of guanidine groups is 1. The number of aliphatic imine (C=N–C) groups is 1. The first kappa shape index (κ1) is 28.1. The van der Waals surface area contributed by atoms with Crippen LogP contribution in [0.3, 0.4) is 0 Å². The molecule has 9 heteroatoms. The van der Waals surface area contributed by atoms with Crippen LogP contribution in [0.2, 0.25) is 0 Å². The molecule has 3 N–H and O–H groups in total. The Balaban J connectivity index is 0.00000512. The fourth-order valence-corrected chi connectivity index (χ4v) is 2.87. The lowest BCUT2D eigenvalue weighted by atomic mass is 10.1. The highest BCUT2D eigenvalue weighted by Crippen LogP contribution is 2.19. The van der Waals surface area contributed by atoms with E-state index in [2.05, 4.69) is 27.3 Å². The van der Waals surface area contributed by atoms with E-state index in [4.69, 9.17) is 4.74 Å². The van der Waals surface area contributed by atoms with E-state index in [0.717, 1.165) is 24.2 Å². The molecule has 1 atom stereocenters. The molecule has 0 saturated heterocycles. The number of hydrogen-bond acceptors (Lipinski definition) is 4. The lowest BCUT2D eigenvalue weighted by molar-refractivity contribution is -0.0498. The zero-order chi connectivity index (χ0) is 22.5. The molecule has 0 spiro atoms. The zero-order valence-electron chi connectivity index (χ0n) is 18.4. The summed E-state index contributed by atoms with van der Waals surface area (Å²) in [5.41, 5.74) is 2.76. The monoisotopic (exact) mass is 563 g/mol. The summed E-state index contributed by atoms with van der Waals surface area (Å²) in [5, 5.41) is 16.7. The van der Waals surface area contributed by atoms with Crippen LogP contribution in [0, 0.1) is 0 Å². The number of halogens is 3. The first-order valence-corrected chi connectivity index (χ1v) is 10.4. The topological polar surface area (TPSA) is 75.1 Å². The van der Waals surface area contributed by atoms with Gasteiger partial charge in [0.1, 0.15) is 5.75 Å². The van der Waals surface area contributed by atoms with Crippen molar-refractivity contribution in [2.24, 2.45) is 4.99 Å². The minimum absolute atomic E-state index is 0.